The van der Waals surface area contributed by atoms with Gasteiger partial charge < -0.3 is 5.32 Å². The summed E-state index contributed by atoms with van der Waals surface area (Å²) in [4.78, 5) is 0. The van der Waals surface area contributed by atoms with Gasteiger partial charge in [0.2, 0.25) is 0 Å². The summed E-state index contributed by atoms with van der Waals surface area (Å²) >= 11 is 0. The van der Waals surface area contributed by atoms with Crippen LogP contribution >= 0.6 is 0 Å². The van der Waals surface area contributed by atoms with Crippen LogP contribution < -0.4 is 5.32 Å². The highest BCUT2D eigenvalue weighted by Gasteiger charge is 2.19. The molecule has 20 heavy (non-hydrogen) atoms. The molecule has 0 spiro atoms. The third-order valence-electron chi connectivity index (χ3n) is 3.48. The number of hydrogen-bond donors (Lipinski definition) is 1. The minimum atomic E-state index is -0.446. The molecule has 0 radical (unpaired) electrons. The van der Waals surface area contributed by atoms with Crippen molar-refractivity contribution in [1.82, 2.24) is 9.78 Å². The topological polar surface area (TPSA) is 53.6 Å². The molecule has 0 atom stereocenters. The number of aromatic nitrogens is 2. The normalized spacial score (nSPS) is 11.2. The molecule has 1 N–H and O–H groups in total. The lowest BCUT2D eigenvalue weighted by atomic mass is 9.86. The van der Waals surface area contributed by atoms with Gasteiger partial charge in [-0.2, -0.15) is 10.4 Å². The van der Waals surface area contributed by atoms with Crippen molar-refractivity contribution in [2.24, 2.45) is 7.05 Å². The highest BCUT2D eigenvalue weighted by Crippen LogP contribution is 2.23. The van der Waals surface area contributed by atoms with Gasteiger partial charge in [-0.25, -0.2) is 0 Å². The second-order valence-electron chi connectivity index (χ2n) is 5.58. The summed E-state index contributed by atoms with van der Waals surface area (Å²) in [7, 11) is 1.93. The average Bonchev–Trinajstić information content (AvgIpc) is 2.75. The van der Waals surface area contributed by atoms with Gasteiger partial charge in [0.05, 0.1) is 17.2 Å². The van der Waals surface area contributed by atoms with Crippen LogP contribution in [0.3, 0.4) is 0 Å². The first-order valence-electron chi connectivity index (χ1n) is 6.67. The molecule has 1 aromatic carbocycles. The van der Waals surface area contributed by atoms with E-state index in [-0.39, 0.29) is 0 Å². The van der Waals surface area contributed by atoms with E-state index in [1.165, 1.54) is 5.56 Å². The fourth-order valence-electron chi connectivity index (χ4n) is 2.09. The Balaban J connectivity index is 2.05. The lowest BCUT2D eigenvalue weighted by Crippen LogP contribution is -2.13. The molecule has 2 rings (SSSR count). The SMILES string of the molecule is Cc1nn(C)cc1CNc1ccc(C(C)(C)C#N)cc1. The van der Waals surface area contributed by atoms with Crippen LogP contribution in [0.2, 0.25) is 0 Å². The summed E-state index contributed by atoms with van der Waals surface area (Å²) in [6.07, 6.45) is 2.02. The maximum atomic E-state index is 9.13. The number of nitrogens with zero attached hydrogens (tertiary/aromatic N) is 3. The van der Waals surface area contributed by atoms with Crippen LogP contribution in [-0.4, -0.2) is 9.78 Å². The number of aryl methyl sites for hydroxylation is 2. The molecule has 0 aliphatic rings. The van der Waals surface area contributed by atoms with Gasteiger partial charge in [0.1, 0.15) is 0 Å². The molecule has 104 valence electrons. The Bertz CT molecular complexity index is 629. The minimum absolute atomic E-state index is 0.446. The smallest absolute Gasteiger partial charge is 0.0766 e. The second kappa shape index (κ2) is 5.38. The van der Waals surface area contributed by atoms with Crippen LogP contribution in [-0.2, 0) is 19.0 Å². The first-order chi connectivity index (χ1) is 9.42. The maximum absolute atomic E-state index is 9.13. The average molecular weight is 268 g/mol. The van der Waals surface area contributed by atoms with E-state index in [9.17, 15) is 0 Å². The van der Waals surface area contributed by atoms with E-state index in [0.717, 1.165) is 23.5 Å². The van der Waals surface area contributed by atoms with Gasteiger partial charge in [-0.3, -0.25) is 4.68 Å². The molecule has 0 aliphatic heterocycles. The zero-order chi connectivity index (χ0) is 14.8. The second-order valence-corrected chi connectivity index (χ2v) is 5.58. The summed E-state index contributed by atoms with van der Waals surface area (Å²) in [6, 6.07) is 10.3. The predicted octanol–water partition coefficient (Wildman–Crippen LogP) is 3.14. The number of benzene rings is 1. The zero-order valence-corrected chi connectivity index (χ0v) is 12.4. The molecule has 0 saturated heterocycles. The number of nitrogens with one attached hydrogen (secondary N) is 1. The summed E-state index contributed by atoms with van der Waals surface area (Å²) in [6.45, 7) is 6.61. The van der Waals surface area contributed by atoms with Crippen molar-refractivity contribution in [1.29, 1.82) is 5.26 Å². The fraction of sp³-hybridized carbons (Fsp3) is 0.375. The highest BCUT2D eigenvalue weighted by molar-refractivity contribution is 5.47. The first kappa shape index (κ1) is 14.1. The van der Waals surface area contributed by atoms with Crippen molar-refractivity contribution >= 4 is 5.69 Å². The number of hydrogen-bond acceptors (Lipinski definition) is 3. The first-order valence-corrected chi connectivity index (χ1v) is 6.67. The lowest BCUT2D eigenvalue weighted by molar-refractivity contribution is 0.687. The van der Waals surface area contributed by atoms with Gasteiger partial charge in [-0.05, 0) is 38.5 Å². The van der Waals surface area contributed by atoms with Crippen LogP contribution in [0.25, 0.3) is 0 Å². The van der Waals surface area contributed by atoms with Crippen LogP contribution in [0, 0.1) is 18.3 Å². The van der Waals surface area contributed by atoms with Gasteiger partial charge in [0, 0.05) is 31.0 Å². The molecule has 0 aliphatic carbocycles. The third kappa shape index (κ3) is 3.00. The maximum Gasteiger partial charge on any atom is 0.0766 e. The van der Waals surface area contributed by atoms with Crippen LogP contribution in [0.15, 0.2) is 30.5 Å². The molecule has 1 aromatic heterocycles. The van der Waals surface area contributed by atoms with Crippen molar-refractivity contribution < 1.29 is 0 Å². The van der Waals surface area contributed by atoms with Gasteiger partial charge in [0.15, 0.2) is 0 Å². The molecule has 2 aromatic rings. The van der Waals surface area contributed by atoms with Crippen LogP contribution in [0.4, 0.5) is 5.69 Å². The molecule has 0 saturated carbocycles. The van der Waals surface area contributed by atoms with E-state index in [0.29, 0.717) is 0 Å². The van der Waals surface area contributed by atoms with Gasteiger partial charge in [-0.15, -0.1) is 0 Å². The summed E-state index contributed by atoms with van der Waals surface area (Å²) in [5.74, 6) is 0. The van der Waals surface area contributed by atoms with Gasteiger partial charge in [-0.1, -0.05) is 12.1 Å². The molecule has 0 amide bonds. The number of rotatable bonds is 4. The van der Waals surface area contributed by atoms with Crippen molar-refractivity contribution in [2.75, 3.05) is 5.32 Å². The van der Waals surface area contributed by atoms with E-state index < -0.39 is 5.41 Å². The van der Waals surface area contributed by atoms with Crippen molar-refractivity contribution in [3.63, 3.8) is 0 Å². The summed E-state index contributed by atoms with van der Waals surface area (Å²) in [5.41, 5.74) is 3.86. The van der Waals surface area contributed by atoms with Crippen molar-refractivity contribution in [3.05, 3.63) is 47.3 Å². The molecule has 4 heteroatoms. The Morgan fingerprint density at radius 2 is 1.95 bits per heavy atom. The van der Waals surface area contributed by atoms with Crippen molar-refractivity contribution in [2.45, 2.75) is 32.7 Å². The molecule has 0 fully saturated rings. The van der Waals surface area contributed by atoms with E-state index in [1.807, 2.05) is 63.0 Å². The van der Waals surface area contributed by atoms with E-state index in [1.54, 1.807) is 0 Å². The van der Waals surface area contributed by atoms with Crippen molar-refractivity contribution in [3.8, 4) is 6.07 Å². The molecule has 1 heterocycles. The Labute approximate surface area is 120 Å². The Kier molecular flexibility index (Phi) is 3.80. The summed E-state index contributed by atoms with van der Waals surface area (Å²) < 4.78 is 1.82. The van der Waals surface area contributed by atoms with E-state index >= 15 is 0 Å². The largest absolute Gasteiger partial charge is 0.381 e. The zero-order valence-electron chi connectivity index (χ0n) is 12.4. The quantitative estimate of drug-likeness (QED) is 0.926. The van der Waals surface area contributed by atoms with E-state index in [4.69, 9.17) is 5.26 Å². The number of anilines is 1. The Morgan fingerprint density at radius 3 is 2.45 bits per heavy atom. The Morgan fingerprint density at radius 1 is 1.30 bits per heavy atom. The predicted molar refractivity (Wildman–Crippen MR) is 80.4 cm³/mol. The molecular formula is C16H20N4. The Hall–Kier alpha value is -2.28. The fourth-order valence-corrected chi connectivity index (χ4v) is 2.09. The molecular weight excluding hydrogens is 248 g/mol. The van der Waals surface area contributed by atoms with Crippen LogP contribution in [0.1, 0.15) is 30.7 Å². The minimum Gasteiger partial charge on any atom is -0.381 e. The third-order valence-corrected chi connectivity index (χ3v) is 3.48. The standard InChI is InChI=1S/C16H20N4/c1-12-13(10-20(4)19-12)9-18-15-7-5-14(6-8-15)16(2,3)11-17/h5-8,10,18H,9H2,1-4H3. The van der Waals surface area contributed by atoms with Crippen LogP contribution in [0.5, 0.6) is 0 Å². The monoisotopic (exact) mass is 268 g/mol. The lowest BCUT2D eigenvalue weighted by Gasteiger charge is -2.16. The van der Waals surface area contributed by atoms with Gasteiger partial charge in [0.25, 0.3) is 0 Å². The van der Waals surface area contributed by atoms with Gasteiger partial charge >= 0.3 is 0 Å². The molecule has 0 unspecified atom stereocenters. The summed E-state index contributed by atoms with van der Waals surface area (Å²) in [5, 5.41) is 16.8. The molecule has 0 bridgehead atoms. The highest BCUT2D eigenvalue weighted by atomic mass is 15.2. The van der Waals surface area contributed by atoms with E-state index in [2.05, 4.69) is 16.5 Å². The molecule has 4 nitrogen and oxygen atoms in total. The number of nitriles is 1.